The smallest absolute Gasteiger partial charge is 0.103 e. The molecule has 1 heterocycles. The Bertz CT molecular complexity index is 491. The molecular formula is C12H14BrN3. The van der Waals surface area contributed by atoms with Crippen LogP contribution in [0.5, 0.6) is 0 Å². The molecule has 0 aliphatic rings. The zero-order valence-corrected chi connectivity index (χ0v) is 10.9. The van der Waals surface area contributed by atoms with Gasteiger partial charge in [-0.1, -0.05) is 6.07 Å². The number of aryl methyl sites for hydroxylation is 2. The lowest BCUT2D eigenvalue weighted by molar-refractivity contribution is 1.05. The highest BCUT2D eigenvalue weighted by Crippen LogP contribution is 2.23. The summed E-state index contributed by atoms with van der Waals surface area (Å²) in [5.41, 5.74) is 3.43. The molecule has 4 heteroatoms. The minimum absolute atomic E-state index is 0.752. The van der Waals surface area contributed by atoms with E-state index in [-0.39, 0.29) is 0 Å². The second kappa shape index (κ2) is 4.70. The van der Waals surface area contributed by atoms with Crippen LogP contribution in [-0.4, -0.2) is 9.97 Å². The van der Waals surface area contributed by atoms with E-state index >= 15 is 0 Å². The standard InChI is InChI=1S/C12H14BrN3/c1-8-3-4-12(11(13)5-8)15-7-10-6-14-9(2)16-10/h3-6,15H,7H2,1-2H3,(H,14,16). The normalized spacial score (nSPS) is 10.4. The van der Waals surface area contributed by atoms with E-state index in [4.69, 9.17) is 0 Å². The summed E-state index contributed by atoms with van der Waals surface area (Å²) < 4.78 is 1.09. The number of halogens is 1. The average molecular weight is 280 g/mol. The van der Waals surface area contributed by atoms with E-state index in [9.17, 15) is 0 Å². The highest BCUT2D eigenvalue weighted by molar-refractivity contribution is 9.10. The fourth-order valence-electron chi connectivity index (χ4n) is 1.52. The van der Waals surface area contributed by atoms with Crippen molar-refractivity contribution in [2.75, 3.05) is 5.32 Å². The molecule has 3 nitrogen and oxygen atoms in total. The predicted octanol–water partition coefficient (Wildman–Crippen LogP) is 3.40. The third kappa shape index (κ3) is 2.64. The Labute approximate surface area is 103 Å². The van der Waals surface area contributed by atoms with Crippen LogP contribution >= 0.6 is 15.9 Å². The van der Waals surface area contributed by atoms with Crippen molar-refractivity contribution in [3.05, 3.63) is 46.0 Å². The number of H-pyrrole nitrogens is 1. The minimum atomic E-state index is 0.752. The van der Waals surface area contributed by atoms with Gasteiger partial charge in [0.25, 0.3) is 0 Å². The molecule has 0 radical (unpaired) electrons. The summed E-state index contributed by atoms with van der Waals surface area (Å²) in [5, 5.41) is 3.35. The number of hydrogen-bond donors (Lipinski definition) is 2. The maximum absolute atomic E-state index is 4.16. The number of nitrogens with one attached hydrogen (secondary N) is 2. The van der Waals surface area contributed by atoms with Gasteiger partial charge in [0.2, 0.25) is 0 Å². The summed E-state index contributed by atoms with van der Waals surface area (Å²) in [6.07, 6.45) is 1.85. The fraction of sp³-hybridized carbons (Fsp3) is 0.250. The van der Waals surface area contributed by atoms with Gasteiger partial charge in [-0.15, -0.1) is 0 Å². The van der Waals surface area contributed by atoms with Gasteiger partial charge in [0, 0.05) is 10.2 Å². The van der Waals surface area contributed by atoms with E-state index in [1.807, 2.05) is 13.1 Å². The molecule has 2 rings (SSSR count). The summed E-state index contributed by atoms with van der Waals surface area (Å²) >= 11 is 3.54. The molecule has 0 spiro atoms. The molecule has 2 aromatic rings. The van der Waals surface area contributed by atoms with E-state index in [2.05, 4.69) is 56.3 Å². The van der Waals surface area contributed by atoms with E-state index in [1.165, 1.54) is 5.56 Å². The topological polar surface area (TPSA) is 40.7 Å². The van der Waals surface area contributed by atoms with Crippen LogP contribution in [0.15, 0.2) is 28.9 Å². The fourth-order valence-corrected chi connectivity index (χ4v) is 2.15. The molecule has 2 N–H and O–H groups in total. The zero-order valence-electron chi connectivity index (χ0n) is 9.34. The van der Waals surface area contributed by atoms with Crippen LogP contribution in [0.2, 0.25) is 0 Å². The van der Waals surface area contributed by atoms with Gasteiger partial charge in [0.1, 0.15) is 5.82 Å². The first-order valence-corrected chi connectivity index (χ1v) is 5.95. The van der Waals surface area contributed by atoms with Gasteiger partial charge in [-0.2, -0.15) is 0 Å². The quantitative estimate of drug-likeness (QED) is 0.904. The molecule has 0 amide bonds. The molecule has 0 aliphatic carbocycles. The number of anilines is 1. The van der Waals surface area contributed by atoms with Crippen LogP contribution in [0.3, 0.4) is 0 Å². The Balaban J connectivity index is 2.04. The lowest BCUT2D eigenvalue weighted by atomic mass is 10.2. The van der Waals surface area contributed by atoms with Crippen molar-refractivity contribution in [1.82, 2.24) is 9.97 Å². The lowest BCUT2D eigenvalue weighted by Crippen LogP contribution is -2.00. The molecule has 0 atom stereocenters. The Hall–Kier alpha value is -1.29. The van der Waals surface area contributed by atoms with Crippen molar-refractivity contribution >= 4 is 21.6 Å². The van der Waals surface area contributed by atoms with Gasteiger partial charge in [0.05, 0.1) is 18.4 Å². The highest BCUT2D eigenvalue weighted by atomic mass is 79.9. The third-order valence-corrected chi connectivity index (χ3v) is 3.01. The van der Waals surface area contributed by atoms with Crippen LogP contribution in [0, 0.1) is 13.8 Å². The van der Waals surface area contributed by atoms with Gasteiger partial charge >= 0.3 is 0 Å². The molecular weight excluding hydrogens is 266 g/mol. The number of benzene rings is 1. The molecule has 0 bridgehead atoms. The van der Waals surface area contributed by atoms with Gasteiger partial charge in [0.15, 0.2) is 0 Å². The van der Waals surface area contributed by atoms with Crippen molar-refractivity contribution in [2.45, 2.75) is 20.4 Å². The number of nitrogens with zero attached hydrogens (tertiary/aromatic N) is 1. The van der Waals surface area contributed by atoms with Crippen LogP contribution in [0.25, 0.3) is 0 Å². The average Bonchev–Trinajstić information content (AvgIpc) is 2.63. The first-order chi connectivity index (χ1) is 7.65. The molecule has 0 fully saturated rings. The largest absolute Gasteiger partial charge is 0.379 e. The number of rotatable bonds is 3. The Morgan fingerprint density at radius 3 is 2.81 bits per heavy atom. The Morgan fingerprint density at radius 2 is 2.19 bits per heavy atom. The van der Waals surface area contributed by atoms with Crippen molar-refractivity contribution in [3.63, 3.8) is 0 Å². The summed E-state index contributed by atoms with van der Waals surface area (Å²) in [6.45, 7) is 4.78. The molecule has 84 valence electrons. The number of aromatic nitrogens is 2. The monoisotopic (exact) mass is 279 g/mol. The van der Waals surface area contributed by atoms with Crippen LogP contribution in [0.1, 0.15) is 17.1 Å². The number of aromatic amines is 1. The van der Waals surface area contributed by atoms with Crippen molar-refractivity contribution in [2.24, 2.45) is 0 Å². The van der Waals surface area contributed by atoms with Gasteiger partial charge in [-0.3, -0.25) is 0 Å². The Morgan fingerprint density at radius 1 is 1.38 bits per heavy atom. The maximum atomic E-state index is 4.16. The molecule has 0 saturated carbocycles. The predicted molar refractivity (Wildman–Crippen MR) is 69.5 cm³/mol. The SMILES string of the molecule is Cc1ccc(NCc2cnc(C)[nH]2)c(Br)c1. The zero-order chi connectivity index (χ0) is 11.5. The first-order valence-electron chi connectivity index (χ1n) is 5.15. The van der Waals surface area contributed by atoms with Gasteiger partial charge < -0.3 is 10.3 Å². The second-order valence-corrected chi connectivity index (χ2v) is 4.69. The third-order valence-electron chi connectivity index (χ3n) is 2.35. The summed E-state index contributed by atoms with van der Waals surface area (Å²) in [6, 6.07) is 6.26. The van der Waals surface area contributed by atoms with E-state index in [0.717, 1.165) is 28.2 Å². The molecule has 0 unspecified atom stereocenters. The number of hydrogen-bond acceptors (Lipinski definition) is 2. The lowest BCUT2D eigenvalue weighted by Gasteiger charge is -2.07. The molecule has 0 saturated heterocycles. The minimum Gasteiger partial charge on any atom is -0.379 e. The summed E-state index contributed by atoms with van der Waals surface area (Å²) in [4.78, 5) is 7.35. The Kier molecular flexibility index (Phi) is 3.29. The molecule has 1 aromatic heterocycles. The van der Waals surface area contributed by atoms with E-state index in [0.29, 0.717) is 0 Å². The molecule has 1 aromatic carbocycles. The van der Waals surface area contributed by atoms with E-state index < -0.39 is 0 Å². The van der Waals surface area contributed by atoms with Crippen molar-refractivity contribution < 1.29 is 0 Å². The van der Waals surface area contributed by atoms with Crippen molar-refractivity contribution in [3.8, 4) is 0 Å². The molecule has 0 aliphatic heterocycles. The highest BCUT2D eigenvalue weighted by Gasteiger charge is 2.01. The van der Waals surface area contributed by atoms with Crippen LogP contribution in [-0.2, 0) is 6.54 Å². The molecule has 16 heavy (non-hydrogen) atoms. The van der Waals surface area contributed by atoms with Gasteiger partial charge in [-0.05, 0) is 47.5 Å². The van der Waals surface area contributed by atoms with Crippen LogP contribution in [0.4, 0.5) is 5.69 Å². The van der Waals surface area contributed by atoms with Crippen LogP contribution < -0.4 is 5.32 Å². The first kappa shape index (κ1) is 11.2. The summed E-state index contributed by atoms with van der Waals surface area (Å²) in [7, 11) is 0. The maximum Gasteiger partial charge on any atom is 0.103 e. The van der Waals surface area contributed by atoms with Gasteiger partial charge in [-0.25, -0.2) is 4.98 Å². The van der Waals surface area contributed by atoms with E-state index in [1.54, 1.807) is 0 Å². The second-order valence-electron chi connectivity index (χ2n) is 3.83. The number of imidazole rings is 1. The summed E-state index contributed by atoms with van der Waals surface area (Å²) in [5.74, 6) is 0.944. The van der Waals surface area contributed by atoms with Crippen molar-refractivity contribution in [1.29, 1.82) is 0 Å².